The minimum atomic E-state index is -2.51. The van der Waals surface area contributed by atoms with Crippen molar-refractivity contribution in [3.8, 4) is 0 Å². The molecule has 0 radical (unpaired) electrons. The summed E-state index contributed by atoms with van der Waals surface area (Å²) in [6.45, 7) is 1.67. The standard InChI is InChI=1S/C8H14F2N2/c9-8(10)6-12-5-7(8)2-1-3-11-4-7/h11-12H,1-6H2. The lowest BCUT2D eigenvalue weighted by molar-refractivity contribution is -0.0925. The van der Waals surface area contributed by atoms with Crippen LogP contribution in [0.2, 0.25) is 0 Å². The molecule has 70 valence electrons. The van der Waals surface area contributed by atoms with Crippen LogP contribution in [0.1, 0.15) is 12.8 Å². The Morgan fingerprint density at radius 3 is 2.25 bits per heavy atom. The maximum atomic E-state index is 13.4. The van der Waals surface area contributed by atoms with Gasteiger partial charge < -0.3 is 10.6 Å². The number of rotatable bonds is 0. The molecule has 2 saturated heterocycles. The van der Waals surface area contributed by atoms with Gasteiger partial charge in [0, 0.05) is 13.1 Å². The van der Waals surface area contributed by atoms with Crippen molar-refractivity contribution in [3.63, 3.8) is 0 Å². The zero-order valence-electron chi connectivity index (χ0n) is 7.00. The van der Waals surface area contributed by atoms with Crippen molar-refractivity contribution in [1.29, 1.82) is 0 Å². The molecule has 0 aromatic carbocycles. The highest BCUT2D eigenvalue weighted by Gasteiger charge is 2.56. The molecule has 0 bridgehead atoms. The lowest BCUT2D eigenvalue weighted by Gasteiger charge is -2.37. The first-order chi connectivity index (χ1) is 5.66. The Hall–Kier alpha value is -0.220. The molecule has 1 unspecified atom stereocenters. The second-order valence-electron chi connectivity index (χ2n) is 3.87. The molecule has 1 spiro atoms. The maximum absolute atomic E-state index is 13.4. The summed E-state index contributed by atoms with van der Waals surface area (Å²) in [6.07, 6.45) is 1.53. The number of nitrogens with one attached hydrogen (secondary N) is 2. The van der Waals surface area contributed by atoms with Gasteiger partial charge in [-0.1, -0.05) is 0 Å². The van der Waals surface area contributed by atoms with E-state index in [4.69, 9.17) is 0 Å². The molecule has 2 nitrogen and oxygen atoms in total. The Balaban J connectivity index is 2.17. The van der Waals surface area contributed by atoms with Crippen LogP contribution in [0.25, 0.3) is 0 Å². The third kappa shape index (κ3) is 1.05. The van der Waals surface area contributed by atoms with E-state index in [9.17, 15) is 8.78 Å². The fourth-order valence-electron chi connectivity index (χ4n) is 2.21. The number of hydrogen-bond acceptors (Lipinski definition) is 2. The maximum Gasteiger partial charge on any atom is 0.268 e. The summed E-state index contributed by atoms with van der Waals surface area (Å²) in [5.41, 5.74) is -0.786. The number of piperidine rings is 1. The summed E-state index contributed by atoms with van der Waals surface area (Å²) in [6, 6.07) is 0. The Morgan fingerprint density at radius 1 is 1.00 bits per heavy atom. The lowest BCUT2D eigenvalue weighted by atomic mass is 9.77. The van der Waals surface area contributed by atoms with Gasteiger partial charge in [0.1, 0.15) is 0 Å². The van der Waals surface area contributed by atoms with Crippen LogP contribution in [0.3, 0.4) is 0 Å². The van der Waals surface area contributed by atoms with E-state index in [1.807, 2.05) is 0 Å². The highest BCUT2D eigenvalue weighted by Crippen LogP contribution is 2.44. The highest BCUT2D eigenvalue weighted by atomic mass is 19.3. The molecule has 2 fully saturated rings. The molecular weight excluding hydrogens is 162 g/mol. The molecule has 0 amide bonds. The summed E-state index contributed by atoms with van der Waals surface area (Å²) in [5, 5.41) is 5.84. The fraction of sp³-hybridized carbons (Fsp3) is 1.00. The summed E-state index contributed by atoms with van der Waals surface area (Å²) in [4.78, 5) is 0. The van der Waals surface area contributed by atoms with Gasteiger partial charge in [0.15, 0.2) is 0 Å². The summed E-state index contributed by atoms with van der Waals surface area (Å²) in [7, 11) is 0. The normalized spacial score (nSPS) is 40.5. The predicted octanol–water partition coefficient (Wildman–Crippen LogP) is 0.595. The van der Waals surface area contributed by atoms with Crippen molar-refractivity contribution < 1.29 is 8.78 Å². The van der Waals surface area contributed by atoms with Gasteiger partial charge in [-0.15, -0.1) is 0 Å². The largest absolute Gasteiger partial charge is 0.316 e. The monoisotopic (exact) mass is 176 g/mol. The molecule has 0 aromatic heterocycles. The van der Waals surface area contributed by atoms with Crippen molar-refractivity contribution in [2.75, 3.05) is 26.2 Å². The zero-order valence-corrected chi connectivity index (χ0v) is 7.00. The smallest absolute Gasteiger partial charge is 0.268 e. The van der Waals surface area contributed by atoms with Crippen LogP contribution in [0.4, 0.5) is 8.78 Å². The number of hydrogen-bond donors (Lipinski definition) is 2. The fourth-order valence-corrected chi connectivity index (χ4v) is 2.21. The van der Waals surface area contributed by atoms with Gasteiger partial charge in [-0.2, -0.15) is 0 Å². The molecule has 2 heterocycles. The van der Waals surface area contributed by atoms with Gasteiger partial charge in [-0.05, 0) is 19.4 Å². The van der Waals surface area contributed by atoms with Gasteiger partial charge in [0.25, 0.3) is 5.92 Å². The molecular formula is C8H14F2N2. The SMILES string of the molecule is FC1(F)CNCC12CCCNC2. The van der Waals surface area contributed by atoms with Crippen LogP contribution >= 0.6 is 0 Å². The van der Waals surface area contributed by atoms with Gasteiger partial charge in [-0.3, -0.25) is 0 Å². The summed E-state index contributed by atoms with van der Waals surface area (Å²) in [5.74, 6) is -2.51. The van der Waals surface area contributed by atoms with Crippen LogP contribution in [0, 0.1) is 5.41 Å². The summed E-state index contributed by atoms with van der Waals surface area (Å²) < 4.78 is 26.8. The summed E-state index contributed by atoms with van der Waals surface area (Å²) >= 11 is 0. The molecule has 2 rings (SSSR count). The Bertz CT molecular complexity index is 176. The van der Waals surface area contributed by atoms with E-state index < -0.39 is 11.3 Å². The Kier molecular flexibility index (Phi) is 1.84. The topological polar surface area (TPSA) is 24.1 Å². The van der Waals surface area contributed by atoms with Gasteiger partial charge in [0.2, 0.25) is 0 Å². The van der Waals surface area contributed by atoms with E-state index in [0.29, 0.717) is 19.5 Å². The zero-order chi connectivity index (χ0) is 8.66. The molecule has 12 heavy (non-hydrogen) atoms. The van der Waals surface area contributed by atoms with Crippen molar-refractivity contribution in [3.05, 3.63) is 0 Å². The van der Waals surface area contributed by atoms with Crippen molar-refractivity contribution in [2.45, 2.75) is 18.8 Å². The average molecular weight is 176 g/mol. The first-order valence-electron chi connectivity index (χ1n) is 4.46. The molecule has 4 heteroatoms. The van der Waals surface area contributed by atoms with Crippen LogP contribution in [0.5, 0.6) is 0 Å². The third-order valence-electron chi connectivity index (χ3n) is 3.06. The van der Waals surface area contributed by atoms with Crippen LogP contribution in [-0.2, 0) is 0 Å². The first kappa shape index (κ1) is 8.38. The van der Waals surface area contributed by atoms with E-state index in [1.54, 1.807) is 0 Å². The van der Waals surface area contributed by atoms with Crippen LogP contribution in [-0.4, -0.2) is 32.1 Å². The van der Waals surface area contributed by atoms with Crippen LogP contribution < -0.4 is 10.6 Å². The average Bonchev–Trinajstić information content (AvgIpc) is 2.30. The Labute approximate surface area is 70.7 Å². The van der Waals surface area contributed by atoms with E-state index >= 15 is 0 Å². The molecule has 2 aliphatic heterocycles. The van der Waals surface area contributed by atoms with Crippen LogP contribution in [0.15, 0.2) is 0 Å². The van der Waals surface area contributed by atoms with Crippen molar-refractivity contribution in [2.24, 2.45) is 5.41 Å². The minimum Gasteiger partial charge on any atom is -0.316 e. The van der Waals surface area contributed by atoms with Crippen molar-refractivity contribution in [1.82, 2.24) is 10.6 Å². The highest BCUT2D eigenvalue weighted by molar-refractivity contribution is 5.03. The van der Waals surface area contributed by atoms with Gasteiger partial charge in [-0.25, -0.2) is 8.78 Å². The van der Waals surface area contributed by atoms with Crippen molar-refractivity contribution >= 4 is 0 Å². The molecule has 2 N–H and O–H groups in total. The second kappa shape index (κ2) is 2.64. The van der Waals surface area contributed by atoms with E-state index in [-0.39, 0.29) is 6.54 Å². The van der Waals surface area contributed by atoms with E-state index in [0.717, 1.165) is 13.0 Å². The van der Waals surface area contributed by atoms with Gasteiger partial charge in [0.05, 0.1) is 12.0 Å². The number of halogens is 2. The Morgan fingerprint density at radius 2 is 1.75 bits per heavy atom. The molecule has 0 aliphatic carbocycles. The predicted molar refractivity (Wildman–Crippen MR) is 42.4 cm³/mol. The third-order valence-corrected chi connectivity index (χ3v) is 3.06. The number of alkyl halides is 2. The molecule has 0 saturated carbocycles. The molecule has 2 aliphatic rings. The van der Waals surface area contributed by atoms with Gasteiger partial charge >= 0.3 is 0 Å². The molecule has 1 atom stereocenters. The second-order valence-corrected chi connectivity index (χ2v) is 3.87. The van der Waals surface area contributed by atoms with E-state index in [2.05, 4.69) is 10.6 Å². The quantitative estimate of drug-likeness (QED) is 0.564. The molecule has 0 aromatic rings. The lowest BCUT2D eigenvalue weighted by Crippen LogP contribution is -2.50. The minimum absolute atomic E-state index is 0.144. The van der Waals surface area contributed by atoms with E-state index in [1.165, 1.54) is 0 Å². The first-order valence-corrected chi connectivity index (χ1v) is 4.46.